The topological polar surface area (TPSA) is 68.6 Å². The molecule has 0 unspecified atom stereocenters. The van der Waals surface area contributed by atoms with Crippen molar-refractivity contribution in [3.05, 3.63) is 71.7 Å². The Hall–Kier alpha value is -3.39. The molecule has 1 aliphatic rings. The number of para-hydroxylation sites is 2. The minimum atomic E-state index is -0.466. The van der Waals surface area contributed by atoms with E-state index >= 15 is 0 Å². The molecule has 1 N–H and O–H groups in total. The number of hydrogen-bond acceptors (Lipinski definition) is 4. The molecule has 36 heavy (non-hydrogen) atoms. The Morgan fingerprint density at radius 2 is 1.97 bits per heavy atom. The summed E-state index contributed by atoms with van der Waals surface area (Å²) >= 11 is 0. The minimum Gasteiger partial charge on any atom is -0.435 e. The van der Waals surface area contributed by atoms with Crippen LogP contribution in [0, 0.1) is 5.82 Å². The van der Waals surface area contributed by atoms with E-state index in [0.717, 1.165) is 36.2 Å². The van der Waals surface area contributed by atoms with Crippen LogP contribution in [-0.2, 0) is 11.3 Å². The molecule has 2 aromatic carbocycles. The van der Waals surface area contributed by atoms with Gasteiger partial charge in [0.15, 0.2) is 11.6 Å². The molecule has 8 heteroatoms. The Bertz CT molecular complexity index is 1140. The summed E-state index contributed by atoms with van der Waals surface area (Å²) < 4.78 is 28.4. The van der Waals surface area contributed by atoms with Gasteiger partial charge in [-0.25, -0.2) is 13.9 Å². The van der Waals surface area contributed by atoms with Crippen molar-refractivity contribution in [3.63, 3.8) is 0 Å². The van der Waals surface area contributed by atoms with E-state index in [-0.39, 0.29) is 30.3 Å². The van der Waals surface area contributed by atoms with E-state index in [2.05, 4.69) is 19.2 Å². The fourth-order valence-electron chi connectivity index (χ4n) is 4.33. The molecule has 3 aromatic rings. The predicted molar refractivity (Wildman–Crippen MR) is 137 cm³/mol. The molecule has 1 aromatic heterocycles. The van der Waals surface area contributed by atoms with Crippen molar-refractivity contribution in [2.45, 2.75) is 58.6 Å². The Morgan fingerprint density at radius 3 is 2.64 bits per heavy atom. The molecular weight excluding hydrogens is 459 g/mol. The maximum Gasteiger partial charge on any atom is 0.317 e. The van der Waals surface area contributed by atoms with Crippen molar-refractivity contribution in [1.29, 1.82) is 0 Å². The summed E-state index contributed by atoms with van der Waals surface area (Å²) in [5.41, 5.74) is 2.34. The van der Waals surface area contributed by atoms with E-state index < -0.39 is 5.82 Å². The lowest BCUT2D eigenvalue weighted by atomic mass is 10.1. The summed E-state index contributed by atoms with van der Waals surface area (Å²) in [5.74, 6) is 0.0892. The van der Waals surface area contributed by atoms with Crippen LogP contribution in [0.3, 0.4) is 0 Å². The average molecular weight is 495 g/mol. The number of halogens is 1. The molecule has 2 amide bonds. The van der Waals surface area contributed by atoms with Gasteiger partial charge in [0.05, 0.1) is 29.6 Å². The van der Waals surface area contributed by atoms with Gasteiger partial charge in [-0.15, -0.1) is 0 Å². The first-order chi connectivity index (χ1) is 17.5. The summed E-state index contributed by atoms with van der Waals surface area (Å²) in [6.07, 6.45) is 2.72. The van der Waals surface area contributed by atoms with Crippen LogP contribution in [0.2, 0.25) is 0 Å². The average Bonchev–Trinajstić information content (AvgIpc) is 3.52. The molecule has 0 radical (unpaired) electrons. The quantitative estimate of drug-likeness (QED) is 0.374. The molecule has 1 fully saturated rings. The smallest absolute Gasteiger partial charge is 0.317 e. The second-order valence-electron chi connectivity index (χ2n) is 9.35. The summed E-state index contributed by atoms with van der Waals surface area (Å²) in [7, 11) is 0. The first-order valence-corrected chi connectivity index (χ1v) is 12.7. The van der Waals surface area contributed by atoms with Gasteiger partial charge < -0.3 is 19.7 Å². The molecule has 7 nitrogen and oxygen atoms in total. The van der Waals surface area contributed by atoms with Crippen LogP contribution in [-0.4, -0.2) is 46.5 Å². The Kier molecular flexibility index (Phi) is 8.59. The number of amides is 2. The van der Waals surface area contributed by atoms with Crippen LogP contribution in [0.5, 0.6) is 11.6 Å². The summed E-state index contributed by atoms with van der Waals surface area (Å²) in [6.45, 7) is 8.14. The van der Waals surface area contributed by atoms with Crippen LogP contribution in [0.1, 0.15) is 57.2 Å². The Morgan fingerprint density at radius 1 is 1.22 bits per heavy atom. The lowest BCUT2D eigenvalue weighted by Gasteiger charge is -2.26. The van der Waals surface area contributed by atoms with Crippen LogP contribution < -0.4 is 10.1 Å². The third-order valence-electron chi connectivity index (χ3n) is 6.17. The van der Waals surface area contributed by atoms with Crippen molar-refractivity contribution >= 4 is 6.03 Å². The number of ether oxygens (including phenoxy) is 2. The zero-order valence-corrected chi connectivity index (χ0v) is 21.2. The number of urea groups is 1. The van der Waals surface area contributed by atoms with Crippen molar-refractivity contribution in [3.8, 4) is 17.3 Å². The lowest BCUT2D eigenvalue weighted by Crippen LogP contribution is -2.43. The SMILES string of the molecule is CCCNC(=O)N(Cc1c(C(C)C)nn(-c2ccccc2)c1Oc1ccccc1F)C[C@@H]1CCCO1. The van der Waals surface area contributed by atoms with Crippen LogP contribution in [0.15, 0.2) is 54.6 Å². The first-order valence-electron chi connectivity index (χ1n) is 12.7. The van der Waals surface area contributed by atoms with E-state index in [1.807, 2.05) is 37.3 Å². The highest BCUT2D eigenvalue weighted by molar-refractivity contribution is 5.74. The fourth-order valence-corrected chi connectivity index (χ4v) is 4.33. The highest BCUT2D eigenvalue weighted by Crippen LogP contribution is 2.35. The summed E-state index contributed by atoms with van der Waals surface area (Å²) in [6, 6.07) is 15.8. The zero-order valence-electron chi connectivity index (χ0n) is 21.2. The molecular formula is C28H35FN4O3. The first kappa shape index (κ1) is 25.7. The van der Waals surface area contributed by atoms with Gasteiger partial charge in [0.1, 0.15) is 0 Å². The number of nitrogens with zero attached hydrogens (tertiary/aromatic N) is 3. The van der Waals surface area contributed by atoms with Crippen molar-refractivity contribution in [1.82, 2.24) is 20.0 Å². The third-order valence-corrected chi connectivity index (χ3v) is 6.17. The van der Waals surface area contributed by atoms with Gasteiger partial charge in [0, 0.05) is 19.7 Å². The van der Waals surface area contributed by atoms with Crippen molar-refractivity contribution in [2.24, 2.45) is 0 Å². The maximum atomic E-state index is 14.7. The number of rotatable bonds is 10. The van der Waals surface area contributed by atoms with E-state index in [1.165, 1.54) is 6.07 Å². The predicted octanol–water partition coefficient (Wildman–Crippen LogP) is 6.03. The van der Waals surface area contributed by atoms with Gasteiger partial charge in [-0.3, -0.25) is 0 Å². The van der Waals surface area contributed by atoms with E-state index in [4.69, 9.17) is 14.6 Å². The molecule has 1 aliphatic heterocycles. The number of carbonyl (C=O) groups excluding carboxylic acids is 1. The molecule has 192 valence electrons. The lowest BCUT2D eigenvalue weighted by molar-refractivity contribution is 0.0792. The van der Waals surface area contributed by atoms with Gasteiger partial charge >= 0.3 is 6.03 Å². The van der Waals surface area contributed by atoms with Crippen LogP contribution >= 0.6 is 0 Å². The molecule has 2 heterocycles. The van der Waals surface area contributed by atoms with Crippen molar-refractivity contribution in [2.75, 3.05) is 19.7 Å². The monoisotopic (exact) mass is 494 g/mol. The van der Waals surface area contributed by atoms with Gasteiger partial charge in [0.2, 0.25) is 5.88 Å². The molecule has 4 rings (SSSR count). The standard InChI is InChI=1S/C28H35FN4O3/c1-4-16-30-28(34)32(18-22-13-10-17-35-22)19-23-26(20(2)3)31-33(21-11-6-5-7-12-21)27(23)36-25-15-9-8-14-24(25)29/h5-9,11-12,14-15,20,22H,4,10,13,16-19H2,1-3H3,(H,30,34)/t22-/m0/s1. The normalized spacial score (nSPS) is 15.3. The molecule has 1 atom stereocenters. The zero-order chi connectivity index (χ0) is 25.5. The van der Waals surface area contributed by atoms with Crippen molar-refractivity contribution < 1.29 is 18.7 Å². The summed E-state index contributed by atoms with van der Waals surface area (Å²) in [5, 5.41) is 7.89. The van der Waals surface area contributed by atoms with Crippen LogP contribution in [0.25, 0.3) is 5.69 Å². The second kappa shape index (κ2) is 12.0. The molecule has 0 saturated carbocycles. The fraction of sp³-hybridized carbons (Fsp3) is 0.429. The van der Waals surface area contributed by atoms with Gasteiger partial charge in [0.25, 0.3) is 0 Å². The van der Waals surface area contributed by atoms with Gasteiger partial charge in [-0.05, 0) is 49.4 Å². The highest BCUT2D eigenvalue weighted by Gasteiger charge is 2.29. The Labute approximate surface area is 212 Å². The molecule has 1 saturated heterocycles. The second-order valence-corrected chi connectivity index (χ2v) is 9.35. The number of aromatic nitrogens is 2. The van der Waals surface area contributed by atoms with E-state index in [9.17, 15) is 9.18 Å². The van der Waals surface area contributed by atoms with E-state index in [1.54, 1.807) is 27.8 Å². The molecule has 0 spiro atoms. The Balaban J connectivity index is 1.78. The summed E-state index contributed by atoms with van der Waals surface area (Å²) in [4.78, 5) is 15.0. The molecule has 0 bridgehead atoms. The van der Waals surface area contributed by atoms with Gasteiger partial charge in [-0.1, -0.05) is 51.1 Å². The highest BCUT2D eigenvalue weighted by atomic mass is 19.1. The largest absolute Gasteiger partial charge is 0.435 e. The third kappa shape index (κ3) is 6.05. The van der Waals surface area contributed by atoms with Crippen LogP contribution in [0.4, 0.5) is 9.18 Å². The van der Waals surface area contributed by atoms with Gasteiger partial charge in [-0.2, -0.15) is 5.10 Å². The number of nitrogens with one attached hydrogen (secondary N) is 1. The number of hydrogen-bond donors (Lipinski definition) is 1. The minimum absolute atomic E-state index is 0.0139. The maximum absolute atomic E-state index is 14.7. The molecule has 0 aliphatic carbocycles. The number of carbonyl (C=O) groups is 1. The number of benzene rings is 2. The van der Waals surface area contributed by atoms with E-state index in [0.29, 0.717) is 25.6 Å².